The maximum atomic E-state index is 13.0. The molecule has 22 heteroatoms. The molecule has 4 aliphatic rings. The molecule has 4 saturated heterocycles. The number of ether oxygens (including phenoxy) is 6. The Kier molecular flexibility index (Phi) is 14.5. The lowest BCUT2D eigenvalue weighted by atomic mass is 9.82. The Hall–Kier alpha value is -7.08. The van der Waals surface area contributed by atoms with E-state index in [4.69, 9.17) is 43.6 Å². The van der Waals surface area contributed by atoms with Crippen molar-refractivity contribution in [2.45, 2.75) is 128 Å². The highest BCUT2D eigenvalue weighted by atomic mass is 16.7. The minimum atomic E-state index is -1.52. The number of nitrogens with zero attached hydrogens (tertiary/aromatic N) is 5. The van der Waals surface area contributed by atoms with E-state index in [1.54, 1.807) is 37.8 Å². The topological polar surface area (TPSA) is 301 Å². The fraction of sp³-hybridized carbons (Fsp3) is 0.462. The predicted octanol–water partition coefficient (Wildman–Crippen LogP) is 5.52. The van der Waals surface area contributed by atoms with Crippen LogP contribution >= 0.6 is 0 Å². The van der Waals surface area contributed by atoms with Crippen LogP contribution in [-0.4, -0.2) is 133 Å². The molecule has 10 rings (SSSR count). The van der Waals surface area contributed by atoms with E-state index in [0.717, 1.165) is 53.2 Å². The lowest BCUT2D eigenvalue weighted by Crippen LogP contribution is -2.65. The molecule has 4 fully saturated rings. The smallest absolute Gasteiger partial charge is 0.404 e. The number of H-pyrrole nitrogens is 1. The van der Waals surface area contributed by atoms with Gasteiger partial charge in [0.2, 0.25) is 6.29 Å². The number of pyridine rings is 1. The van der Waals surface area contributed by atoms with Crippen LogP contribution in [0.25, 0.3) is 27.8 Å². The molecule has 2 bridgehead atoms. The van der Waals surface area contributed by atoms with Crippen molar-refractivity contribution in [3.63, 3.8) is 0 Å². The largest absolute Gasteiger partial charge is 0.508 e. The molecule has 6 aromatic rings. The minimum absolute atomic E-state index is 0.0183. The number of nitrogens with two attached hydrogens (primary N) is 1. The van der Waals surface area contributed by atoms with Crippen molar-refractivity contribution in [1.29, 1.82) is 0 Å². The molecule has 2 amide bonds. The molecule has 0 saturated carbocycles. The SMILES string of the molecule is CC1COCCN1c1cc(C2(O)CC3CCC(C2)O3)c2cnn(-c3ccn[nH]3)c2n1.COC1C(OC(N)=O)C(O)C(Oc2ccc3c(O)c(NC(=O)c4ccc(O)c(CC=C(C)C)c4)c(=O)oc3c2C)OC1(C)C. The number of primary amides is 1. The first-order valence-corrected chi connectivity index (χ1v) is 24.4. The number of nitrogens with one attached hydrogen (secondary N) is 2. The summed E-state index contributed by atoms with van der Waals surface area (Å²) in [5.74, 6) is 0.505. The second-order valence-electron chi connectivity index (χ2n) is 20.0. The molecule has 394 valence electrons. The number of aromatic amines is 1. The summed E-state index contributed by atoms with van der Waals surface area (Å²) in [5, 5.41) is 58.9. The number of hydrogen-bond donors (Lipinski definition) is 7. The number of aromatic nitrogens is 5. The molecule has 8 N–H and O–H groups in total. The number of morpholine rings is 1. The Morgan fingerprint density at radius 1 is 1.07 bits per heavy atom. The lowest BCUT2D eigenvalue weighted by Gasteiger charge is -2.47. The highest BCUT2D eigenvalue weighted by Gasteiger charge is 2.53. The molecule has 0 spiro atoms. The van der Waals surface area contributed by atoms with E-state index in [2.05, 4.69) is 38.5 Å². The van der Waals surface area contributed by atoms with E-state index >= 15 is 0 Å². The van der Waals surface area contributed by atoms with Gasteiger partial charge >= 0.3 is 11.7 Å². The van der Waals surface area contributed by atoms with Crippen molar-refractivity contribution in [2.75, 3.05) is 37.1 Å². The zero-order valence-electron chi connectivity index (χ0n) is 42.2. The molecule has 7 atom stereocenters. The standard InChI is InChI=1S/C31H36N2O11.C21H26N6O3/c1-14(2)7-8-16-13-17(9-11-19(16)34)27(37)33-21-22(35)18-10-12-20(15(3)24(18)42-28(21)38)41-29-23(36)25(43-30(32)39)26(40-6)31(4,5)44-29;1-13-12-29-7-6-26(13)19-8-17(21(28)9-14-2-3-15(10-21)30-14)16-11-23-27(20(16)24-19)18-4-5-22-25-18/h7,9-13,23,25-26,29,34-36H,8H2,1-6H3,(H2,32,39)(H,33,37);4-5,8,11,13-15,28H,2-3,6-7,9-10,12H2,1H3,(H,22,25). The van der Waals surface area contributed by atoms with E-state index in [1.807, 2.05) is 26.0 Å². The molecule has 74 heavy (non-hydrogen) atoms. The van der Waals surface area contributed by atoms with Gasteiger partial charge in [0.25, 0.3) is 5.91 Å². The van der Waals surface area contributed by atoms with Crippen molar-refractivity contribution < 1.29 is 62.9 Å². The summed E-state index contributed by atoms with van der Waals surface area (Å²) >= 11 is 0. The summed E-state index contributed by atoms with van der Waals surface area (Å²) in [6.45, 7) is 12.9. The number of rotatable bonds is 11. The number of amides is 2. The summed E-state index contributed by atoms with van der Waals surface area (Å²) in [7, 11) is 1.37. The van der Waals surface area contributed by atoms with Crippen molar-refractivity contribution in [2.24, 2.45) is 5.73 Å². The van der Waals surface area contributed by atoms with Gasteiger partial charge in [-0.1, -0.05) is 11.6 Å². The average Bonchev–Trinajstić information content (AvgIpc) is 4.13. The molecule has 4 aromatic heterocycles. The first-order chi connectivity index (χ1) is 35.2. The number of carbonyl (C=O) groups is 2. The van der Waals surface area contributed by atoms with Crippen LogP contribution < -0.4 is 26.3 Å². The van der Waals surface area contributed by atoms with Gasteiger partial charge in [-0.15, -0.1) is 0 Å². The van der Waals surface area contributed by atoms with Crippen molar-refractivity contribution in [3.8, 4) is 23.1 Å². The quantitative estimate of drug-likeness (QED) is 0.0620. The van der Waals surface area contributed by atoms with Gasteiger partial charge in [-0.2, -0.15) is 14.9 Å². The number of aromatic hydroxyl groups is 2. The molecular weight excluding hydrogens is 961 g/mol. The van der Waals surface area contributed by atoms with Crippen LogP contribution in [0.4, 0.5) is 16.3 Å². The Morgan fingerprint density at radius 3 is 2.50 bits per heavy atom. The van der Waals surface area contributed by atoms with Gasteiger partial charge in [0, 0.05) is 49.1 Å². The predicted molar refractivity (Wildman–Crippen MR) is 269 cm³/mol. The van der Waals surface area contributed by atoms with Crippen LogP contribution in [0.15, 0.2) is 75.7 Å². The van der Waals surface area contributed by atoms with Crippen LogP contribution in [-0.2, 0) is 35.7 Å². The van der Waals surface area contributed by atoms with E-state index < -0.39 is 64.9 Å². The monoisotopic (exact) mass is 1020 g/mol. The van der Waals surface area contributed by atoms with Crippen LogP contribution in [0.3, 0.4) is 0 Å². The van der Waals surface area contributed by atoms with Crippen molar-refractivity contribution >= 4 is 45.5 Å². The number of methoxy groups -OCH3 is 1. The Bertz CT molecular complexity index is 3140. The van der Waals surface area contributed by atoms with Crippen LogP contribution in [0.5, 0.6) is 17.2 Å². The van der Waals surface area contributed by atoms with Gasteiger partial charge in [-0.3, -0.25) is 9.89 Å². The number of allylic oxidation sites excluding steroid dienone is 2. The Balaban J connectivity index is 0.000000194. The molecule has 4 aliphatic heterocycles. The van der Waals surface area contributed by atoms with E-state index in [-0.39, 0.29) is 51.8 Å². The summed E-state index contributed by atoms with van der Waals surface area (Å²) in [4.78, 5) is 44.7. The first kappa shape index (κ1) is 51.8. The van der Waals surface area contributed by atoms with E-state index in [0.29, 0.717) is 38.0 Å². The fourth-order valence-electron chi connectivity index (χ4n) is 10.3. The van der Waals surface area contributed by atoms with Gasteiger partial charge in [-0.05, 0) is 108 Å². The number of aliphatic hydroxyl groups is 2. The van der Waals surface area contributed by atoms with Gasteiger partial charge in [0.15, 0.2) is 35.1 Å². The third-order valence-corrected chi connectivity index (χ3v) is 14.1. The first-order valence-electron chi connectivity index (χ1n) is 24.4. The summed E-state index contributed by atoms with van der Waals surface area (Å²) in [6, 6.07) is 11.3. The second-order valence-corrected chi connectivity index (χ2v) is 20.0. The number of benzene rings is 2. The maximum absolute atomic E-state index is 13.0. The highest BCUT2D eigenvalue weighted by Crippen LogP contribution is 2.47. The average molecular weight is 1020 g/mol. The molecule has 22 nitrogen and oxygen atoms in total. The fourth-order valence-corrected chi connectivity index (χ4v) is 10.3. The van der Waals surface area contributed by atoms with Crippen molar-refractivity contribution in [1.82, 2.24) is 25.0 Å². The van der Waals surface area contributed by atoms with E-state index in [9.17, 15) is 34.8 Å². The zero-order valence-corrected chi connectivity index (χ0v) is 42.2. The Morgan fingerprint density at radius 2 is 1.82 bits per heavy atom. The number of carbonyl (C=O) groups excluding carboxylic acids is 2. The number of phenols is 1. The number of phenolic OH excluding ortho intramolecular Hbond substituents is 1. The maximum Gasteiger partial charge on any atom is 0.404 e. The molecule has 2 aromatic carbocycles. The molecule has 0 aliphatic carbocycles. The summed E-state index contributed by atoms with van der Waals surface area (Å²) in [6.07, 6.45) is 3.17. The lowest BCUT2D eigenvalue weighted by molar-refractivity contribution is -0.304. The number of fused-ring (bicyclic) bond motifs is 4. The minimum Gasteiger partial charge on any atom is -0.508 e. The number of anilines is 2. The second kappa shape index (κ2) is 20.7. The van der Waals surface area contributed by atoms with Gasteiger partial charge in [0.05, 0.1) is 60.4 Å². The Labute approximate surface area is 424 Å². The van der Waals surface area contributed by atoms with Gasteiger partial charge in [0.1, 0.15) is 29.0 Å². The van der Waals surface area contributed by atoms with Crippen LogP contribution in [0, 0.1) is 6.92 Å². The normalized spacial score (nSPS) is 25.3. The third kappa shape index (κ3) is 10.2. The summed E-state index contributed by atoms with van der Waals surface area (Å²) < 4.78 is 41.3. The van der Waals surface area contributed by atoms with E-state index in [1.165, 1.54) is 37.4 Å². The number of aryl methyl sites for hydroxylation is 1. The van der Waals surface area contributed by atoms with Crippen molar-refractivity contribution in [3.05, 3.63) is 99.2 Å². The summed E-state index contributed by atoms with van der Waals surface area (Å²) in [5.41, 5.74) is 5.21. The molecular formula is C52H62N8O14. The third-order valence-electron chi connectivity index (χ3n) is 14.1. The van der Waals surface area contributed by atoms with Gasteiger partial charge < -0.3 is 69.2 Å². The number of aliphatic hydroxyl groups excluding tert-OH is 1. The van der Waals surface area contributed by atoms with Crippen LogP contribution in [0.1, 0.15) is 87.4 Å². The molecule has 0 radical (unpaired) electrons. The highest BCUT2D eigenvalue weighted by molar-refractivity contribution is 6.06. The van der Waals surface area contributed by atoms with Crippen LogP contribution in [0.2, 0.25) is 0 Å². The number of hydrogen-bond acceptors (Lipinski definition) is 18. The van der Waals surface area contributed by atoms with Gasteiger partial charge in [-0.25, -0.2) is 14.6 Å². The molecule has 8 heterocycles. The zero-order chi connectivity index (χ0) is 52.8. The molecule has 7 unspecified atom stereocenters.